The summed E-state index contributed by atoms with van der Waals surface area (Å²) in [5.41, 5.74) is 2.01. The Kier molecular flexibility index (Phi) is 5.70. The van der Waals surface area contributed by atoms with Crippen molar-refractivity contribution < 1.29 is 14.4 Å². The summed E-state index contributed by atoms with van der Waals surface area (Å²) in [5.74, 6) is 0.644. The van der Waals surface area contributed by atoms with Gasteiger partial charge in [0.2, 0.25) is 5.88 Å². The van der Waals surface area contributed by atoms with Crippen LogP contribution in [0.15, 0.2) is 101 Å². The fourth-order valence-electron chi connectivity index (χ4n) is 4.28. The Balaban J connectivity index is 1.72. The minimum Gasteiger partial charge on any atom is -0.497 e. The molecule has 0 saturated carbocycles. The molecule has 7 heteroatoms. The van der Waals surface area contributed by atoms with Crippen molar-refractivity contribution >= 4 is 22.7 Å². The number of ether oxygens (including phenoxy) is 2. The van der Waals surface area contributed by atoms with Gasteiger partial charge in [0.1, 0.15) is 23.1 Å². The maximum absolute atomic E-state index is 11.9. The van der Waals surface area contributed by atoms with Gasteiger partial charge in [0, 0.05) is 28.8 Å². The lowest BCUT2D eigenvalue weighted by atomic mass is 9.82. The third-order valence-electron chi connectivity index (χ3n) is 5.95. The number of benzene rings is 4. The summed E-state index contributed by atoms with van der Waals surface area (Å²) >= 11 is 0. The summed E-state index contributed by atoms with van der Waals surface area (Å²) in [4.78, 5) is 16.0. The molecular formula is C28H19N3O4. The van der Waals surface area contributed by atoms with E-state index in [1.807, 2.05) is 60.7 Å². The summed E-state index contributed by atoms with van der Waals surface area (Å²) in [6.07, 6.45) is 1.60. The van der Waals surface area contributed by atoms with Gasteiger partial charge in [-0.05, 0) is 35.2 Å². The van der Waals surface area contributed by atoms with Crippen LogP contribution in [0.1, 0.15) is 22.6 Å². The molecule has 0 spiro atoms. The zero-order chi connectivity index (χ0) is 24.4. The number of nitro groups is 1. The number of para-hydroxylation sites is 1. The third-order valence-corrected chi connectivity index (χ3v) is 5.95. The van der Waals surface area contributed by atoms with Gasteiger partial charge >= 0.3 is 0 Å². The molecule has 0 N–H and O–H groups in total. The molecule has 4 aromatic carbocycles. The Labute approximate surface area is 201 Å². The summed E-state index contributed by atoms with van der Waals surface area (Å²) in [5, 5.41) is 23.8. The first-order valence-corrected chi connectivity index (χ1v) is 10.9. The number of methoxy groups -OCH3 is 1. The first-order valence-electron chi connectivity index (χ1n) is 10.9. The van der Waals surface area contributed by atoms with Crippen molar-refractivity contribution in [1.82, 2.24) is 0 Å². The number of rotatable bonds is 5. The van der Waals surface area contributed by atoms with Crippen LogP contribution >= 0.6 is 0 Å². The number of aliphatic imine (C=N–C) groups is 1. The second-order valence-corrected chi connectivity index (χ2v) is 7.92. The molecule has 1 atom stereocenters. The van der Waals surface area contributed by atoms with Gasteiger partial charge in [-0.25, -0.2) is 4.99 Å². The van der Waals surface area contributed by atoms with Crippen LogP contribution in [0, 0.1) is 21.4 Å². The second-order valence-electron chi connectivity index (χ2n) is 7.92. The van der Waals surface area contributed by atoms with Gasteiger partial charge in [0.25, 0.3) is 5.69 Å². The minimum atomic E-state index is -0.710. The number of hydrogen-bond donors (Lipinski definition) is 0. The van der Waals surface area contributed by atoms with E-state index < -0.39 is 10.8 Å². The highest BCUT2D eigenvalue weighted by molar-refractivity contribution is 5.91. The predicted octanol–water partition coefficient (Wildman–Crippen LogP) is 6.14. The largest absolute Gasteiger partial charge is 0.497 e. The molecule has 1 aliphatic heterocycles. The van der Waals surface area contributed by atoms with Crippen LogP contribution in [0.2, 0.25) is 0 Å². The van der Waals surface area contributed by atoms with Crippen LogP contribution in [-0.2, 0) is 0 Å². The Hall–Kier alpha value is -4.96. The average Bonchev–Trinajstić information content (AvgIpc) is 2.91. The zero-order valence-corrected chi connectivity index (χ0v) is 18.7. The van der Waals surface area contributed by atoms with Gasteiger partial charge in [-0.1, -0.05) is 54.6 Å². The van der Waals surface area contributed by atoms with Crippen molar-refractivity contribution in [2.45, 2.75) is 5.92 Å². The lowest BCUT2D eigenvalue weighted by Crippen LogP contribution is -2.17. The van der Waals surface area contributed by atoms with E-state index in [1.54, 1.807) is 31.5 Å². The summed E-state index contributed by atoms with van der Waals surface area (Å²) < 4.78 is 11.4. The highest BCUT2D eigenvalue weighted by Crippen LogP contribution is 2.48. The van der Waals surface area contributed by atoms with Crippen molar-refractivity contribution in [2.75, 3.05) is 7.11 Å². The monoisotopic (exact) mass is 461 g/mol. The standard InChI is InChI=1S/C28H19N3O4/c1-34-20-13-10-18(11-14-20)17-30-28-24(16-29)26(22-8-4-5-9-25(22)31(32)33)23-15-12-19-6-2-3-7-21(19)27(23)35-28/h2-15,17,26H,1H3/b30-17+. The molecule has 0 aromatic heterocycles. The van der Waals surface area contributed by atoms with Crippen LogP contribution in [0.4, 0.5) is 5.69 Å². The molecule has 0 amide bonds. The van der Waals surface area contributed by atoms with E-state index in [0.29, 0.717) is 22.6 Å². The van der Waals surface area contributed by atoms with Crippen LogP contribution in [-0.4, -0.2) is 18.2 Å². The van der Waals surface area contributed by atoms with Crippen molar-refractivity contribution in [2.24, 2.45) is 4.99 Å². The Bertz CT molecular complexity index is 1550. The van der Waals surface area contributed by atoms with E-state index >= 15 is 0 Å². The number of nitro benzene ring substituents is 1. The average molecular weight is 461 g/mol. The van der Waals surface area contributed by atoms with Gasteiger partial charge in [-0.2, -0.15) is 5.26 Å². The van der Waals surface area contributed by atoms with Gasteiger partial charge < -0.3 is 9.47 Å². The van der Waals surface area contributed by atoms with Crippen LogP contribution in [0.5, 0.6) is 11.5 Å². The van der Waals surface area contributed by atoms with Crippen molar-refractivity contribution in [3.8, 4) is 17.6 Å². The first-order chi connectivity index (χ1) is 17.1. The van der Waals surface area contributed by atoms with Crippen molar-refractivity contribution in [3.05, 3.63) is 123 Å². The summed E-state index contributed by atoms with van der Waals surface area (Å²) in [6.45, 7) is 0. The summed E-state index contributed by atoms with van der Waals surface area (Å²) in [7, 11) is 1.59. The molecular weight excluding hydrogens is 442 g/mol. The molecule has 170 valence electrons. The normalized spacial score (nSPS) is 14.9. The lowest BCUT2D eigenvalue weighted by Gasteiger charge is -2.27. The molecule has 0 fully saturated rings. The topological polar surface area (TPSA) is 97.8 Å². The van der Waals surface area contributed by atoms with E-state index in [4.69, 9.17) is 9.47 Å². The molecule has 0 saturated heterocycles. The second kappa shape index (κ2) is 9.12. The van der Waals surface area contributed by atoms with Crippen LogP contribution in [0.3, 0.4) is 0 Å². The Morgan fingerprint density at radius 1 is 1.00 bits per heavy atom. The fraction of sp³-hybridized carbons (Fsp3) is 0.0714. The van der Waals surface area contributed by atoms with Crippen LogP contribution in [0.25, 0.3) is 10.8 Å². The Morgan fingerprint density at radius 3 is 2.49 bits per heavy atom. The molecule has 0 aliphatic carbocycles. The third kappa shape index (κ3) is 3.98. The first kappa shape index (κ1) is 21.9. The van der Waals surface area contributed by atoms with Gasteiger partial charge in [-0.15, -0.1) is 0 Å². The highest BCUT2D eigenvalue weighted by atomic mass is 16.6. The van der Waals surface area contributed by atoms with Gasteiger partial charge in [0.05, 0.1) is 18.0 Å². The maximum Gasteiger partial charge on any atom is 0.273 e. The molecule has 0 radical (unpaired) electrons. The van der Waals surface area contributed by atoms with E-state index in [2.05, 4.69) is 11.1 Å². The van der Waals surface area contributed by atoms with E-state index in [0.717, 1.165) is 16.3 Å². The molecule has 0 bridgehead atoms. The van der Waals surface area contributed by atoms with Crippen LogP contribution < -0.4 is 9.47 Å². The molecule has 1 unspecified atom stereocenters. The van der Waals surface area contributed by atoms with E-state index in [1.165, 1.54) is 6.07 Å². The fourth-order valence-corrected chi connectivity index (χ4v) is 4.28. The van der Waals surface area contributed by atoms with Crippen molar-refractivity contribution in [1.29, 1.82) is 5.26 Å². The molecule has 4 aromatic rings. The van der Waals surface area contributed by atoms with Gasteiger partial charge in [-0.3, -0.25) is 10.1 Å². The summed E-state index contributed by atoms with van der Waals surface area (Å²) in [6, 6.07) is 27.5. The molecule has 1 heterocycles. The maximum atomic E-state index is 11.9. The van der Waals surface area contributed by atoms with Gasteiger partial charge in [0.15, 0.2) is 0 Å². The minimum absolute atomic E-state index is 0.0651. The quantitative estimate of drug-likeness (QED) is 0.202. The molecule has 5 rings (SSSR count). The number of allylic oxidation sites excluding steroid dienone is 1. The van der Waals surface area contributed by atoms with E-state index in [-0.39, 0.29) is 17.1 Å². The number of nitriles is 1. The number of nitrogens with zero attached hydrogens (tertiary/aromatic N) is 3. The van der Waals surface area contributed by atoms with Crippen molar-refractivity contribution in [3.63, 3.8) is 0 Å². The number of hydrogen-bond acceptors (Lipinski definition) is 6. The lowest BCUT2D eigenvalue weighted by molar-refractivity contribution is -0.385. The Morgan fingerprint density at radius 2 is 1.74 bits per heavy atom. The van der Waals surface area contributed by atoms with E-state index in [9.17, 15) is 15.4 Å². The number of fused-ring (bicyclic) bond motifs is 3. The highest BCUT2D eigenvalue weighted by Gasteiger charge is 2.36. The molecule has 35 heavy (non-hydrogen) atoms. The molecule has 1 aliphatic rings. The SMILES string of the molecule is COc1ccc(/C=N/C2=C(C#N)C(c3ccccc3[N+](=O)[O-])c3ccc4ccccc4c3O2)cc1. The molecule has 7 nitrogen and oxygen atoms in total. The smallest absolute Gasteiger partial charge is 0.273 e. The zero-order valence-electron chi connectivity index (χ0n) is 18.7. The predicted molar refractivity (Wildman–Crippen MR) is 133 cm³/mol.